The van der Waals surface area contributed by atoms with Gasteiger partial charge in [-0.25, -0.2) is 5.43 Å². The van der Waals surface area contributed by atoms with Crippen molar-refractivity contribution in [2.75, 3.05) is 5.32 Å². The second-order valence-electron chi connectivity index (χ2n) is 8.74. The van der Waals surface area contributed by atoms with Crippen molar-refractivity contribution >= 4 is 39.8 Å². The van der Waals surface area contributed by atoms with Gasteiger partial charge < -0.3 is 9.73 Å². The molecule has 0 unspecified atom stereocenters. The lowest BCUT2D eigenvalue weighted by Crippen LogP contribution is -2.23. The van der Waals surface area contributed by atoms with Gasteiger partial charge in [0.1, 0.15) is 5.76 Å². The number of para-hydroxylation sites is 1. The number of carbonyl (C=O) groups is 2. The molecule has 0 saturated carbocycles. The summed E-state index contributed by atoms with van der Waals surface area (Å²) in [7, 11) is 0. The molecule has 10 heteroatoms. The predicted octanol–water partition coefficient (Wildman–Crippen LogP) is 4.70. The van der Waals surface area contributed by atoms with Gasteiger partial charge in [0.15, 0.2) is 5.76 Å². The van der Waals surface area contributed by atoms with Crippen LogP contribution in [-0.4, -0.2) is 27.4 Å². The monoisotopic (exact) mass is 497 g/mol. The molecule has 5 rings (SSSR count). The van der Waals surface area contributed by atoms with Crippen molar-refractivity contribution in [3.8, 4) is 0 Å². The number of nitrogens with zero attached hydrogens (tertiary/aromatic N) is 3. The summed E-state index contributed by atoms with van der Waals surface area (Å²) in [6.07, 6.45) is 3.76. The van der Waals surface area contributed by atoms with Crippen LogP contribution in [-0.2, 0) is 17.6 Å². The second-order valence-corrected chi connectivity index (χ2v) is 8.74. The highest BCUT2D eigenvalue weighted by Crippen LogP contribution is 2.31. The molecule has 0 spiro atoms. The van der Waals surface area contributed by atoms with E-state index < -0.39 is 4.92 Å². The first-order valence-electron chi connectivity index (χ1n) is 11.8. The van der Waals surface area contributed by atoms with Crippen LogP contribution in [0.3, 0.4) is 0 Å². The lowest BCUT2D eigenvalue weighted by Gasteiger charge is -2.13. The third kappa shape index (κ3) is 4.94. The number of aryl methyl sites for hydroxylation is 1. The maximum Gasteiger partial charge on any atom is 0.291 e. The average molecular weight is 498 g/mol. The van der Waals surface area contributed by atoms with E-state index in [4.69, 9.17) is 4.42 Å². The van der Waals surface area contributed by atoms with Crippen LogP contribution in [0.2, 0.25) is 0 Å². The Labute approximate surface area is 211 Å². The summed E-state index contributed by atoms with van der Waals surface area (Å²) in [6.45, 7) is 1.80. The summed E-state index contributed by atoms with van der Waals surface area (Å²) in [6, 6.07) is 15.1. The van der Waals surface area contributed by atoms with E-state index in [-0.39, 0.29) is 29.7 Å². The molecule has 0 fully saturated rings. The number of hydrogen-bond acceptors (Lipinski definition) is 7. The number of nitro benzene ring substituents is 1. The maximum absolute atomic E-state index is 13.2. The standard InChI is InChI=1S/C27H23N5O5/c1-16-24-20(30-31-23(33)15-17-10-12-19(13-11-17)32(35)36)7-3-9-22(24)37-26(16)27(34)29-21-8-2-5-18-6-4-14-28-25(18)21/h2,4-6,8,10-14H,3,7,9,15H2,1H3,(H,29,34)(H,31,33)/b30-20+. The average Bonchev–Trinajstić information content (AvgIpc) is 3.25. The fourth-order valence-corrected chi connectivity index (χ4v) is 4.47. The summed E-state index contributed by atoms with van der Waals surface area (Å²) in [4.78, 5) is 40.3. The maximum atomic E-state index is 13.2. The van der Waals surface area contributed by atoms with Crippen LogP contribution in [0.15, 0.2) is 70.3 Å². The van der Waals surface area contributed by atoms with Crippen LogP contribution in [0.5, 0.6) is 0 Å². The molecule has 2 amide bonds. The molecule has 0 bridgehead atoms. The van der Waals surface area contributed by atoms with Gasteiger partial charge in [0.2, 0.25) is 5.91 Å². The Morgan fingerprint density at radius 2 is 1.89 bits per heavy atom. The smallest absolute Gasteiger partial charge is 0.291 e. The summed E-state index contributed by atoms with van der Waals surface area (Å²) in [5.41, 5.74) is 6.48. The lowest BCUT2D eigenvalue weighted by atomic mass is 9.93. The Morgan fingerprint density at radius 1 is 1.11 bits per heavy atom. The number of pyridine rings is 1. The molecule has 0 aliphatic heterocycles. The minimum absolute atomic E-state index is 0.0265. The van der Waals surface area contributed by atoms with Gasteiger partial charge in [0.05, 0.1) is 28.3 Å². The van der Waals surface area contributed by atoms with Gasteiger partial charge in [-0.05, 0) is 37.5 Å². The van der Waals surface area contributed by atoms with E-state index in [0.29, 0.717) is 46.6 Å². The number of nitrogens with one attached hydrogen (secondary N) is 2. The minimum atomic E-state index is -0.489. The topological polar surface area (TPSA) is 140 Å². The number of rotatable bonds is 6. The molecule has 2 aromatic carbocycles. The van der Waals surface area contributed by atoms with Gasteiger partial charge in [0, 0.05) is 41.3 Å². The molecule has 10 nitrogen and oxygen atoms in total. The normalized spacial score (nSPS) is 13.8. The molecule has 2 N–H and O–H groups in total. The van der Waals surface area contributed by atoms with Gasteiger partial charge in [-0.2, -0.15) is 5.10 Å². The van der Waals surface area contributed by atoms with Crippen molar-refractivity contribution in [2.45, 2.75) is 32.6 Å². The summed E-state index contributed by atoms with van der Waals surface area (Å²) >= 11 is 0. The number of hydrogen-bond donors (Lipinski definition) is 2. The van der Waals surface area contributed by atoms with E-state index in [1.807, 2.05) is 24.3 Å². The largest absolute Gasteiger partial charge is 0.455 e. The number of carbonyl (C=O) groups excluding carboxylic acids is 2. The SMILES string of the molecule is Cc1c(C(=O)Nc2cccc3cccnc23)oc2c1/C(=N/NC(=O)Cc1ccc([N+](=O)[O-])cc1)CCC2. The van der Waals surface area contributed by atoms with Crippen LogP contribution in [0.4, 0.5) is 11.4 Å². The van der Waals surface area contributed by atoms with Crippen LogP contribution in [0.25, 0.3) is 10.9 Å². The number of furan rings is 1. The highest BCUT2D eigenvalue weighted by atomic mass is 16.6. The van der Waals surface area contributed by atoms with Crippen molar-refractivity contribution < 1.29 is 18.9 Å². The molecule has 1 aliphatic carbocycles. The van der Waals surface area contributed by atoms with E-state index in [1.54, 1.807) is 31.3 Å². The molecule has 37 heavy (non-hydrogen) atoms. The summed E-state index contributed by atoms with van der Waals surface area (Å²) in [5, 5.41) is 19.0. The fraction of sp³-hybridized carbons (Fsp3) is 0.185. The van der Waals surface area contributed by atoms with Gasteiger partial charge >= 0.3 is 0 Å². The third-order valence-corrected chi connectivity index (χ3v) is 6.24. The summed E-state index contributed by atoms with van der Waals surface area (Å²) < 4.78 is 5.97. The van der Waals surface area contributed by atoms with Gasteiger partial charge in [-0.1, -0.05) is 30.3 Å². The van der Waals surface area contributed by atoms with E-state index in [0.717, 1.165) is 17.4 Å². The number of fused-ring (bicyclic) bond motifs is 2. The first kappa shape index (κ1) is 23.9. The van der Waals surface area contributed by atoms with Crippen LogP contribution in [0, 0.1) is 17.0 Å². The number of aromatic nitrogens is 1. The fourth-order valence-electron chi connectivity index (χ4n) is 4.47. The van der Waals surface area contributed by atoms with Gasteiger partial charge in [-0.3, -0.25) is 24.7 Å². The van der Waals surface area contributed by atoms with Crippen molar-refractivity contribution in [1.29, 1.82) is 0 Å². The highest BCUT2D eigenvalue weighted by Gasteiger charge is 2.28. The molecule has 2 heterocycles. The van der Waals surface area contributed by atoms with E-state index in [2.05, 4.69) is 20.8 Å². The van der Waals surface area contributed by atoms with E-state index >= 15 is 0 Å². The number of benzene rings is 2. The Hall–Kier alpha value is -4.86. The Balaban J connectivity index is 1.33. The van der Waals surface area contributed by atoms with Crippen molar-refractivity contribution in [1.82, 2.24) is 10.4 Å². The molecule has 0 radical (unpaired) electrons. The second kappa shape index (κ2) is 10.0. The predicted molar refractivity (Wildman–Crippen MR) is 138 cm³/mol. The molecule has 2 aromatic heterocycles. The Bertz CT molecular complexity index is 1550. The number of anilines is 1. The zero-order valence-corrected chi connectivity index (χ0v) is 20.0. The molecule has 4 aromatic rings. The van der Waals surface area contributed by atoms with Crippen molar-refractivity contribution in [2.24, 2.45) is 5.10 Å². The van der Waals surface area contributed by atoms with Crippen molar-refractivity contribution in [3.63, 3.8) is 0 Å². The van der Waals surface area contributed by atoms with Crippen molar-refractivity contribution in [3.05, 3.63) is 99.1 Å². The quantitative estimate of drug-likeness (QED) is 0.292. The molecular formula is C27H23N5O5. The van der Waals surface area contributed by atoms with Gasteiger partial charge in [0.25, 0.3) is 11.6 Å². The molecular weight excluding hydrogens is 474 g/mol. The molecule has 186 valence electrons. The first-order chi connectivity index (χ1) is 17.9. The number of nitro groups is 1. The van der Waals surface area contributed by atoms with Crippen LogP contribution >= 0.6 is 0 Å². The zero-order chi connectivity index (χ0) is 25.9. The third-order valence-electron chi connectivity index (χ3n) is 6.24. The number of hydrazone groups is 1. The molecule has 0 atom stereocenters. The number of non-ortho nitro benzene ring substituents is 1. The molecule has 1 aliphatic rings. The van der Waals surface area contributed by atoms with Gasteiger partial charge in [-0.15, -0.1) is 0 Å². The van der Waals surface area contributed by atoms with E-state index in [1.165, 1.54) is 12.1 Å². The zero-order valence-electron chi connectivity index (χ0n) is 20.0. The van der Waals surface area contributed by atoms with Crippen LogP contribution in [0.1, 0.15) is 45.8 Å². The number of amides is 2. The molecule has 0 saturated heterocycles. The van der Waals surface area contributed by atoms with Crippen LogP contribution < -0.4 is 10.7 Å². The summed E-state index contributed by atoms with van der Waals surface area (Å²) in [5.74, 6) is 0.126. The lowest BCUT2D eigenvalue weighted by molar-refractivity contribution is -0.384. The highest BCUT2D eigenvalue weighted by molar-refractivity contribution is 6.11. The first-order valence-corrected chi connectivity index (χ1v) is 11.8. The Morgan fingerprint density at radius 3 is 2.68 bits per heavy atom. The Kier molecular flexibility index (Phi) is 6.46. The minimum Gasteiger partial charge on any atom is -0.455 e. The van der Waals surface area contributed by atoms with E-state index in [9.17, 15) is 19.7 Å².